The molecule has 8 nitrogen and oxygen atoms in total. The summed E-state index contributed by atoms with van der Waals surface area (Å²) in [5, 5.41) is 30.1. The molecular weight excluding hydrogens is 416 g/mol. The van der Waals surface area contributed by atoms with Gasteiger partial charge >= 0.3 is 0 Å². The maximum atomic E-state index is 13.0. The van der Waals surface area contributed by atoms with E-state index in [-0.39, 0.29) is 44.9 Å². The van der Waals surface area contributed by atoms with E-state index in [1.165, 1.54) is 19.2 Å². The maximum absolute atomic E-state index is 13.0. The van der Waals surface area contributed by atoms with Gasteiger partial charge in [-0.05, 0) is 30.7 Å². The molecule has 0 amide bonds. The standard InChI is InChI=1S/C24H20O8/c1-3-16-22(11-4-6-14(26)18(8-11)29-2)31-17-7-5-13-21(28)20-15(27)9-12(25)10-19(20)32-23(13)24(17)30-16/h4-10,16,22,25-27H,3H2,1-2H3/t16-,22-/m1/s1. The van der Waals surface area contributed by atoms with Gasteiger partial charge in [-0.2, -0.15) is 0 Å². The molecule has 8 heteroatoms. The fraction of sp³-hybridized carbons (Fsp3) is 0.208. The third-order valence-electron chi connectivity index (χ3n) is 5.62. The fourth-order valence-corrected chi connectivity index (χ4v) is 4.05. The molecule has 32 heavy (non-hydrogen) atoms. The predicted molar refractivity (Wildman–Crippen MR) is 116 cm³/mol. The van der Waals surface area contributed by atoms with Gasteiger partial charge in [-0.25, -0.2) is 0 Å². The van der Waals surface area contributed by atoms with E-state index in [2.05, 4.69) is 0 Å². The predicted octanol–water partition coefficient (Wildman–Crippen LogP) is 4.36. The first-order chi connectivity index (χ1) is 15.4. The molecule has 5 rings (SSSR count). The molecule has 0 saturated heterocycles. The van der Waals surface area contributed by atoms with Crippen LogP contribution in [0.25, 0.3) is 21.9 Å². The Morgan fingerprint density at radius 3 is 2.56 bits per heavy atom. The molecule has 4 aromatic rings. The van der Waals surface area contributed by atoms with Crippen molar-refractivity contribution >= 4 is 21.9 Å². The molecule has 1 aromatic heterocycles. The van der Waals surface area contributed by atoms with Gasteiger partial charge in [0.2, 0.25) is 11.2 Å². The van der Waals surface area contributed by atoms with Crippen LogP contribution >= 0.6 is 0 Å². The number of hydrogen-bond donors (Lipinski definition) is 3. The van der Waals surface area contributed by atoms with Gasteiger partial charge in [0.15, 0.2) is 28.9 Å². The van der Waals surface area contributed by atoms with Crippen LogP contribution < -0.4 is 19.6 Å². The molecule has 0 saturated carbocycles. The monoisotopic (exact) mass is 436 g/mol. The van der Waals surface area contributed by atoms with Crippen molar-refractivity contribution in [3.8, 4) is 34.5 Å². The zero-order valence-electron chi connectivity index (χ0n) is 17.3. The van der Waals surface area contributed by atoms with Crippen molar-refractivity contribution in [1.82, 2.24) is 0 Å². The normalized spacial score (nSPS) is 17.6. The van der Waals surface area contributed by atoms with Gasteiger partial charge in [-0.15, -0.1) is 0 Å². The van der Waals surface area contributed by atoms with Crippen LogP contribution in [0, 0.1) is 0 Å². The number of methoxy groups -OCH3 is 1. The van der Waals surface area contributed by atoms with Crippen molar-refractivity contribution < 1.29 is 33.9 Å². The molecule has 0 radical (unpaired) electrons. The van der Waals surface area contributed by atoms with Crippen LogP contribution in [-0.4, -0.2) is 28.5 Å². The number of hydrogen-bond acceptors (Lipinski definition) is 8. The minimum absolute atomic E-state index is 0.0203. The molecule has 0 aliphatic carbocycles. The van der Waals surface area contributed by atoms with Crippen molar-refractivity contribution in [3.63, 3.8) is 0 Å². The summed E-state index contributed by atoms with van der Waals surface area (Å²) in [6.45, 7) is 1.94. The lowest BCUT2D eigenvalue weighted by Gasteiger charge is -2.34. The number of rotatable bonds is 3. The van der Waals surface area contributed by atoms with E-state index in [1.54, 1.807) is 24.3 Å². The minimum atomic E-state index is -0.486. The van der Waals surface area contributed by atoms with Gasteiger partial charge in [-0.1, -0.05) is 13.0 Å². The summed E-state index contributed by atoms with van der Waals surface area (Å²) < 4.78 is 23.6. The van der Waals surface area contributed by atoms with Crippen LogP contribution in [0.3, 0.4) is 0 Å². The summed E-state index contributed by atoms with van der Waals surface area (Å²) in [5.41, 5.74) is 0.524. The highest BCUT2D eigenvalue weighted by atomic mass is 16.6. The van der Waals surface area contributed by atoms with Crippen LogP contribution in [0.5, 0.6) is 34.5 Å². The lowest BCUT2D eigenvalue weighted by atomic mass is 10.00. The summed E-state index contributed by atoms with van der Waals surface area (Å²) >= 11 is 0. The van der Waals surface area contributed by atoms with Crippen LogP contribution in [0.2, 0.25) is 0 Å². The van der Waals surface area contributed by atoms with Crippen molar-refractivity contribution in [2.24, 2.45) is 0 Å². The van der Waals surface area contributed by atoms with E-state index in [4.69, 9.17) is 18.6 Å². The smallest absolute Gasteiger partial charge is 0.205 e. The first kappa shape index (κ1) is 19.9. The molecule has 2 atom stereocenters. The summed E-state index contributed by atoms with van der Waals surface area (Å²) in [6.07, 6.45) is -0.316. The van der Waals surface area contributed by atoms with Crippen LogP contribution in [-0.2, 0) is 0 Å². The van der Waals surface area contributed by atoms with E-state index in [0.717, 1.165) is 11.6 Å². The highest BCUT2D eigenvalue weighted by Crippen LogP contribution is 2.46. The summed E-state index contributed by atoms with van der Waals surface area (Å²) in [5.74, 6) is 0.407. The van der Waals surface area contributed by atoms with Crippen molar-refractivity contribution in [1.29, 1.82) is 0 Å². The number of aromatic hydroxyl groups is 3. The highest BCUT2D eigenvalue weighted by molar-refractivity contribution is 5.96. The number of phenols is 3. The quantitative estimate of drug-likeness (QED) is 0.405. The number of fused-ring (bicyclic) bond motifs is 4. The third-order valence-corrected chi connectivity index (χ3v) is 5.62. The molecule has 0 bridgehead atoms. The summed E-state index contributed by atoms with van der Waals surface area (Å²) in [6, 6.07) is 10.5. The SMILES string of the molecule is CC[C@H]1Oc2c(ccc3c(=O)c4c(O)cc(O)cc4oc23)O[C@@H]1c1ccc(O)c(OC)c1. The van der Waals surface area contributed by atoms with Crippen molar-refractivity contribution in [2.45, 2.75) is 25.6 Å². The van der Waals surface area contributed by atoms with Crippen LogP contribution in [0.15, 0.2) is 51.7 Å². The Morgan fingerprint density at radius 1 is 1.00 bits per heavy atom. The lowest BCUT2D eigenvalue weighted by molar-refractivity contribution is 0.0181. The molecule has 164 valence electrons. The Hall–Kier alpha value is -4.07. The minimum Gasteiger partial charge on any atom is -0.508 e. The van der Waals surface area contributed by atoms with Gasteiger partial charge < -0.3 is 33.9 Å². The Bertz CT molecular complexity index is 1420. The maximum Gasteiger partial charge on any atom is 0.205 e. The summed E-state index contributed by atoms with van der Waals surface area (Å²) in [7, 11) is 1.47. The summed E-state index contributed by atoms with van der Waals surface area (Å²) in [4.78, 5) is 13.0. The molecule has 1 aliphatic rings. The molecule has 1 aliphatic heterocycles. The van der Waals surface area contributed by atoms with Gasteiger partial charge in [-0.3, -0.25) is 4.79 Å². The second-order valence-electron chi connectivity index (χ2n) is 7.57. The van der Waals surface area contributed by atoms with E-state index < -0.39 is 17.6 Å². The first-order valence-corrected chi connectivity index (χ1v) is 10.1. The fourth-order valence-electron chi connectivity index (χ4n) is 4.05. The molecule has 3 N–H and O–H groups in total. The van der Waals surface area contributed by atoms with Gasteiger partial charge in [0.05, 0.1) is 12.5 Å². The second-order valence-corrected chi connectivity index (χ2v) is 7.57. The van der Waals surface area contributed by atoms with E-state index in [1.807, 2.05) is 6.92 Å². The van der Waals surface area contributed by atoms with Crippen molar-refractivity contribution in [3.05, 3.63) is 58.3 Å². The van der Waals surface area contributed by atoms with Gasteiger partial charge in [0.1, 0.15) is 28.6 Å². The van der Waals surface area contributed by atoms with E-state index >= 15 is 0 Å². The highest BCUT2D eigenvalue weighted by Gasteiger charge is 2.34. The van der Waals surface area contributed by atoms with E-state index in [0.29, 0.717) is 17.9 Å². The Kier molecular flexibility index (Phi) is 4.51. The number of phenolic OH excluding ortho intramolecular Hbond substituents is 3. The number of ether oxygens (including phenoxy) is 3. The van der Waals surface area contributed by atoms with Crippen LogP contribution in [0.4, 0.5) is 0 Å². The molecule has 3 aromatic carbocycles. The molecule has 0 spiro atoms. The molecule has 0 unspecified atom stereocenters. The van der Waals surface area contributed by atoms with Crippen LogP contribution in [0.1, 0.15) is 25.0 Å². The molecule has 0 fully saturated rings. The Labute approximate surface area is 181 Å². The Balaban J connectivity index is 1.68. The topological polar surface area (TPSA) is 119 Å². The van der Waals surface area contributed by atoms with Gasteiger partial charge in [0, 0.05) is 17.7 Å². The first-order valence-electron chi connectivity index (χ1n) is 10.1. The van der Waals surface area contributed by atoms with E-state index in [9.17, 15) is 20.1 Å². The zero-order valence-corrected chi connectivity index (χ0v) is 17.3. The van der Waals surface area contributed by atoms with Gasteiger partial charge in [0.25, 0.3) is 0 Å². The average molecular weight is 436 g/mol. The average Bonchev–Trinajstić information content (AvgIpc) is 2.78. The van der Waals surface area contributed by atoms with Crippen molar-refractivity contribution in [2.75, 3.05) is 7.11 Å². The Morgan fingerprint density at radius 2 is 1.81 bits per heavy atom. The lowest BCUT2D eigenvalue weighted by Crippen LogP contribution is -2.32. The number of benzene rings is 3. The second kappa shape index (κ2) is 7.26. The third kappa shape index (κ3) is 2.95. The molecular formula is C24H20O8. The largest absolute Gasteiger partial charge is 0.508 e. The molecule has 2 heterocycles. The zero-order chi connectivity index (χ0) is 22.6.